The van der Waals surface area contributed by atoms with E-state index >= 15 is 0 Å². The third-order valence-electron chi connectivity index (χ3n) is 2.02. The van der Waals surface area contributed by atoms with Gasteiger partial charge in [0.05, 0.1) is 31.4 Å². The van der Waals surface area contributed by atoms with Gasteiger partial charge in [-0.05, 0) is 6.92 Å². The Hall–Kier alpha value is -1.25. The third-order valence-corrected chi connectivity index (χ3v) is 2.57. The fourth-order valence-electron chi connectivity index (χ4n) is 1.14. The molecule has 0 bridgehead atoms. The molecule has 7 nitrogen and oxygen atoms in total. The van der Waals surface area contributed by atoms with E-state index in [1.165, 1.54) is 0 Å². The van der Waals surface area contributed by atoms with Crippen molar-refractivity contribution >= 4 is 17.7 Å². The van der Waals surface area contributed by atoms with Crippen LogP contribution in [-0.4, -0.2) is 50.9 Å². The quantitative estimate of drug-likeness (QED) is 0.632. The SMILES string of the molecule is CCOC(=O)CCc1nsnc1OCC(O)CO. The molecule has 2 N–H and O–H groups in total. The van der Waals surface area contributed by atoms with Gasteiger partial charge in [-0.2, -0.15) is 4.37 Å². The van der Waals surface area contributed by atoms with E-state index in [-0.39, 0.29) is 31.5 Å². The van der Waals surface area contributed by atoms with Crippen LogP contribution < -0.4 is 4.74 Å². The van der Waals surface area contributed by atoms with Crippen LogP contribution >= 0.6 is 11.7 Å². The number of rotatable bonds is 8. The second-order valence-corrected chi connectivity index (χ2v) is 4.00. The van der Waals surface area contributed by atoms with E-state index in [4.69, 9.17) is 19.7 Å². The molecule has 102 valence electrons. The molecule has 0 saturated heterocycles. The first-order chi connectivity index (χ1) is 8.67. The lowest BCUT2D eigenvalue weighted by atomic mass is 10.2. The fraction of sp³-hybridized carbons (Fsp3) is 0.700. The molecule has 1 atom stereocenters. The first kappa shape index (κ1) is 14.8. The number of carbonyl (C=O) groups excluding carboxylic acids is 1. The molecule has 18 heavy (non-hydrogen) atoms. The van der Waals surface area contributed by atoms with Crippen LogP contribution in [0.5, 0.6) is 5.88 Å². The van der Waals surface area contributed by atoms with Crippen LogP contribution in [0.1, 0.15) is 19.0 Å². The summed E-state index contributed by atoms with van der Waals surface area (Å²) in [7, 11) is 0. The minimum atomic E-state index is -0.954. The maximum absolute atomic E-state index is 11.2. The molecular weight excluding hydrogens is 260 g/mol. The van der Waals surface area contributed by atoms with E-state index in [1.807, 2.05) is 0 Å². The van der Waals surface area contributed by atoms with Crippen molar-refractivity contribution in [2.75, 3.05) is 19.8 Å². The van der Waals surface area contributed by atoms with Gasteiger partial charge >= 0.3 is 5.97 Å². The zero-order valence-electron chi connectivity index (χ0n) is 10.0. The Morgan fingerprint density at radius 2 is 2.28 bits per heavy atom. The highest BCUT2D eigenvalue weighted by molar-refractivity contribution is 6.99. The zero-order chi connectivity index (χ0) is 13.4. The largest absolute Gasteiger partial charge is 0.473 e. The van der Waals surface area contributed by atoms with Crippen LogP contribution in [0, 0.1) is 0 Å². The van der Waals surface area contributed by atoms with Crippen molar-refractivity contribution in [3.63, 3.8) is 0 Å². The summed E-state index contributed by atoms with van der Waals surface area (Å²) in [6.45, 7) is 1.65. The average Bonchev–Trinajstić information content (AvgIpc) is 2.81. The summed E-state index contributed by atoms with van der Waals surface area (Å²) in [6, 6.07) is 0. The molecule has 1 rings (SSSR count). The van der Waals surface area contributed by atoms with E-state index in [0.717, 1.165) is 11.7 Å². The lowest BCUT2D eigenvalue weighted by Crippen LogP contribution is -2.21. The Kier molecular flexibility index (Phi) is 6.55. The summed E-state index contributed by atoms with van der Waals surface area (Å²) < 4.78 is 17.9. The second kappa shape index (κ2) is 7.96. The molecule has 0 aromatic carbocycles. The number of carbonyl (C=O) groups is 1. The number of nitrogens with zero attached hydrogens (tertiary/aromatic N) is 2. The molecule has 1 heterocycles. The topological polar surface area (TPSA) is 102 Å². The van der Waals surface area contributed by atoms with E-state index < -0.39 is 6.10 Å². The predicted octanol–water partition coefficient (Wildman–Crippen LogP) is -0.234. The second-order valence-electron chi connectivity index (χ2n) is 3.47. The molecule has 1 aromatic heterocycles. The van der Waals surface area contributed by atoms with Crippen LogP contribution in [0.2, 0.25) is 0 Å². The predicted molar refractivity (Wildman–Crippen MR) is 63.5 cm³/mol. The molecule has 8 heteroatoms. The Morgan fingerprint density at radius 3 is 2.94 bits per heavy atom. The van der Waals surface area contributed by atoms with Gasteiger partial charge in [0.1, 0.15) is 18.4 Å². The Bertz CT molecular complexity index is 371. The lowest BCUT2D eigenvalue weighted by molar-refractivity contribution is -0.143. The minimum Gasteiger partial charge on any atom is -0.473 e. The van der Waals surface area contributed by atoms with Gasteiger partial charge in [-0.25, -0.2) is 0 Å². The van der Waals surface area contributed by atoms with Crippen LogP contribution in [0.3, 0.4) is 0 Å². The minimum absolute atomic E-state index is 0.0612. The molecule has 0 spiro atoms. The van der Waals surface area contributed by atoms with E-state index in [9.17, 15) is 4.79 Å². The smallest absolute Gasteiger partial charge is 0.306 e. The van der Waals surface area contributed by atoms with Crippen molar-refractivity contribution in [3.05, 3.63) is 5.69 Å². The van der Waals surface area contributed by atoms with Gasteiger partial charge in [0, 0.05) is 6.42 Å². The number of hydrogen-bond donors (Lipinski definition) is 2. The third kappa shape index (κ3) is 4.94. The average molecular weight is 276 g/mol. The fourth-order valence-corrected chi connectivity index (χ4v) is 1.68. The summed E-state index contributed by atoms with van der Waals surface area (Å²) in [5.74, 6) is -0.0105. The summed E-state index contributed by atoms with van der Waals surface area (Å²) in [5.41, 5.74) is 0.554. The number of aromatic nitrogens is 2. The van der Waals surface area contributed by atoms with Crippen molar-refractivity contribution in [1.29, 1.82) is 0 Å². The number of hydrogen-bond acceptors (Lipinski definition) is 8. The summed E-state index contributed by atoms with van der Waals surface area (Å²) in [4.78, 5) is 11.2. The summed E-state index contributed by atoms with van der Waals surface area (Å²) in [6.07, 6.45) is -0.373. The molecular formula is C10H16N2O5S. The Labute approximate surface area is 109 Å². The number of aliphatic hydroxyl groups is 2. The van der Waals surface area contributed by atoms with Crippen molar-refractivity contribution in [3.8, 4) is 5.88 Å². The summed E-state index contributed by atoms with van der Waals surface area (Å²) in [5, 5.41) is 17.8. The highest BCUT2D eigenvalue weighted by atomic mass is 32.1. The molecule has 0 radical (unpaired) electrons. The van der Waals surface area contributed by atoms with Crippen molar-refractivity contribution < 1.29 is 24.5 Å². The number of aliphatic hydroxyl groups excluding tert-OH is 2. The molecule has 0 aliphatic heterocycles. The number of aryl methyl sites for hydroxylation is 1. The number of esters is 1. The van der Waals surface area contributed by atoms with Crippen LogP contribution in [-0.2, 0) is 16.0 Å². The highest BCUT2D eigenvalue weighted by Crippen LogP contribution is 2.17. The highest BCUT2D eigenvalue weighted by Gasteiger charge is 2.13. The summed E-state index contributed by atoms with van der Waals surface area (Å²) >= 11 is 0.969. The first-order valence-electron chi connectivity index (χ1n) is 5.56. The van der Waals surface area contributed by atoms with Crippen molar-refractivity contribution in [2.24, 2.45) is 0 Å². The molecule has 0 aliphatic rings. The van der Waals surface area contributed by atoms with Crippen molar-refractivity contribution in [2.45, 2.75) is 25.9 Å². The monoisotopic (exact) mass is 276 g/mol. The Balaban J connectivity index is 2.42. The van der Waals surface area contributed by atoms with Gasteiger partial charge in [-0.3, -0.25) is 4.79 Å². The lowest BCUT2D eigenvalue weighted by Gasteiger charge is -2.08. The van der Waals surface area contributed by atoms with Gasteiger partial charge in [-0.15, -0.1) is 4.37 Å². The van der Waals surface area contributed by atoms with Crippen molar-refractivity contribution in [1.82, 2.24) is 8.75 Å². The maximum atomic E-state index is 11.2. The van der Waals surface area contributed by atoms with E-state index in [2.05, 4.69) is 8.75 Å². The van der Waals surface area contributed by atoms with Gasteiger partial charge in [-0.1, -0.05) is 0 Å². The van der Waals surface area contributed by atoms with E-state index in [1.54, 1.807) is 6.92 Å². The first-order valence-corrected chi connectivity index (χ1v) is 6.29. The zero-order valence-corrected chi connectivity index (χ0v) is 10.9. The standard InChI is InChI=1S/C10H16N2O5S/c1-2-16-9(15)4-3-8-10(12-18-11-8)17-6-7(14)5-13/h7,13-14H,2-6H2,1H3. The molecule has 1 aromatic rings. The Morgan fingerprint density at radius 1 is 1.50 bits per heavy atom. The molecule has 0 aliphatic carbocycles. The van der Waals surface area contributed by atoms with Gasteiger partial charge in [0.25, 0.3) is 0 Å². The van der Waals surface area contributed by atoms with Crippen LogP contribution in [0.15, 0.2) is 0 Å². The normalized spacial score (nSPS) is 12.2. The van der Waals surface area contributed by atoms with Gasteiger partial charge < -0.3 is 19.7 Å². The van der Waals surface area contributed by atoms with Crippen LogP contribution in [0.25, 0.3) is 0 Å². The molecule has 0 amide bonds. The molecule has 1 unspecified atom stereocenters. The number of ether oxygens (including phenoxy) is 2. The molecule has 0 fully saturated rings. The van der Waals surface area contributed by atoms with E-state index in [0.29, 0.717) is 18.7 Å². The van der Waals surface area contributed by atoms with Gasteiger partial charge in [0.2, 0.25) is 5.88 Å². The van der Waals surface area contributed by atoms with Crippen LogP contribution in [0.4, 0.5) is 0 Å². The maximum Gasteiger partial charge on any atom is 0.306 e. The van der Waals surface area contributed by atoms with Gasteiger partial charge in [0.15, 0.2) is 0 Å². The molecule has 0 saturated carbocycles.